The Labute approximate surface area is 170 Å². The molecule has 2 rings (SSSR count). The zero-order valence-electron chi connectivity index (χ0n) is 17.4. The van der Waals surface area contributed by atoms with E-state index in [0.717, 1.165) is 28.1 Å². The molecule has 2 aromatic rings. The Balaban J connectivity index is 2.17. The van der Waals surface area contributed by atoms with Gasteiger partial charge < -0.3 is 5.32 Å². The van der Waals surface area contributed by atoms with Gasteiger partial charge in [0.05, 0.1) is 11.1 Å². The number of rotatable bonds is 8. The van der Waals surface area contributed by atoms with Crippen LogP contribution in [0.2, 0.25) is 0 Å². The Morgan fingerprint density at radius 1 is 1.19 bits per heavy atom. The van der Waals surface area contributed by atoms with E-state index < -0.39 is 0 Å². The minimum Gasteiger partial charge on any atom is -0.353 e. The van der Waals surface area contributed by atoms with Crippen molar-refractivity contribution < 1.29 is 4.79 Å². The standard InChI is InChI=1S/C20H31N3O2S2/c1-11(2)8-9-13(5)21-16(24)10-26-20-22-18-17(14(6)15(7)27-18)19(25)23(20)12(3)4/h11-13H,8-10H2,1-7H3,(H,21,24)/t13-/m1/s1. The third-order valence-corrected chi connectivity index (χ3v) is 6.69. The molecule has 5 nitrogen and oxygen atoms in total. The van der Waals surface area contributed by atoms with Crippen molar-refractivity contribution in [2.45, 2.75) is 78.5 Å². The minimum absolute atomic E-state index is 0.00920. The molecule has 150 valence electrons. The van der Waals surface area contributed by atoms with Crippen molar-refractivity contribution in [3.05, 3.63) is 20.8 Å². The number of hydrogen-bond acceptors (Lipinski definition) is 5. The van der Waals surface area contributed by atoms with Crippen LogP contribution in [0.4, 0.5) is 0 Å². The van der Waals surface area contributed by atoms with E-state index in [1.807, 2.05) is 34.6 Å². The average molecular weight is 410 g/mol. The van der Waals surface area contributed by atoms with Gasteiger partial charge in [-0.15, -0.1) is 11.3 Å². The fourth-order valence-electron chi connectivity index (χ4n) is 2.95. The molecule has 2 aromatic heterocycles. The molecule has 0 unspecified atom stereocenters. The molecule has 2 heterocycles. The highest BCUT2D eigenvalue weighted by atomic mass is 32.2. The lowest BCUT2D eigenvalue weighted by Crippen LogP contribution is -2.34. The summed E-state index contributed by atoms with van der Waals surface area (Å²) < 4.78 is 1.71. The number of hydrogen-bond donors (Lipinski definition) is 1. The lowest BCUT2D eigenvalue weighted by molar-refractivity contribution is -0.119. The van der Waals surface area contributed by atoms with Gasteiger partial charge in [-0.1, -0.05) is 25.6 Å². The molecule has 0 aliphatic carbocycles. The average Bonchev–Trinajstić information content (AvgIpc) is 2.85. The molecular formula is C20H31N3O2S2. The van der Waals surface area contributed by atoms with Gasteiger partial charge in [-0.05, 0) is 58.9 Å². The molecule has 0 bridgehead atoms. The molecule has 0 aliphatic rings. The van der Waals surface area contributed by atoms with Gasteiger partial charge in [0.25, 0.3) is 5.56 Å². The van der Waals surface area contributed by atoms with Gasteiger partial charge in [0.2, 0.25) is 5.91 Å². The van der Waals surface area contributed by atoms with Gasteiger partial charge in [0, 0.05) is 17.0 Å². The van der Waals surface area contributed by atoms with Crippen LogP contribution in [-0.2, 0) is 4.79 Å². The highest BCUT2D eigenvalue weighted by molar-refractivity contribution is 7.99. The Bertz CT molecular complexity index is 868. The van der Waals surface area contributed by atoms with Crippen LogP contribution in [0.1, 0.15) is 63.9 Å². The van der Waals surface area contributed by atoms with E-state index in [1.165, 1.54) is 11.8 Å². The second kappa shape index (κ2) is 9.24. The zero-order chi connectivity index (χ0) is 20.3. The molecule has 1 amide bonds. The van der Waals surface area contributed by atoms with Crippen LogP contribution in [0.3, 0.4) is 0 Å². The number of thioether (sulfide) groups is 1. The quantitative estimate of drug-likeness (QED) is 0.507. The number of thiophene rings is 1. The third kappa shape index (κ3) is 5.35. The number of carbonyl (C=O) groups is 1. The highest BCUT2D eigenvalue weighted by Gasteiger charge is 2.19. The van der Waals surface area contributed by atoms with Crippen molar-refractivity contribution >= 4 is 39.2 Å². The van der Waals surface area contributed by atoms with Crippen molar-refractivity contribution in [3.8, 4) is 0 Å². The third-order valence-electron chi connectivity index (χ3n) is 4.64. The summed E-state index contributed by atoms with van der Waals surface area (Å²) in [5.74, 6) is 0.882. The smallest absolute Gasteiger partial charge is 0.263 e. The Morgan fingerprint density at radius 3 is 2.44 bits per heavy atom. The van der Waals surface area contributed by atoms with Crippen LogP contribution in [0, 0.1) is 19.8 Å². The van der Waals surface area contributed by atoms with Gasteiger partial charge in [0.15, 0.2) is 5.16 Å². The largest absolute Gasteiger partial charge is 0.353 e. The molecule has 1 atom stereocenters. The van der Waals surface area contributed by atoms with Crippen molar-refractivity contribution in [2.75, 3.05) is 5.75 Å². The summed E-state index contributed by atoms with van der Waals surface area (Å²) in [4.78, 5) is 31.9. The number of carbonyl (C=O) groups excluding carboxylic acids is 1. The molecule has 27 heavy (non-hydrogen) atoms. The number of aromatic nitrogens is 2. The summed E-state index contributed by atoms with van der Waals surface area (Å²) in [6.45, 7) is 14.3. The lowest BCUT2D eigenvalue weighted by Gasteiger charge is -2.17. The summed E-state index contributed by atoms with van der Waals surface area (Å²) in [5, 5.41) is 4.38. The van der Waals surface area contributed by atoms with Crippen molar-refractivity contribution in [3.63, 3.8) is 0 Å². The molecule has 0 saturated carbocycles. The molecule has 0 aliphatic heterocycles. The van der Waals surface area contributed by atoms with E-state index in [2.05, 4.69) is 19.2 Å². The van der Waals surface area contributed by atoms with Crippen LogP contribution in [0.15, 0.2) is 9.95 Å². The van der Waals surface area contributed by atoms with E-state index in [4.69, 9.17) is 4.98 Å². The molecule has 0 fully saturated rings. The van der Waals surface area contributed by atoms with Crippen molar-refractivity contribution in [1.82, 2.24) is 14.9 Å². The summed E-state index contributed by atoms with van der Waals surface area (Å²) in [6.07, 6.45) is 2.07. The first-order valence-electron chi connectivity index (χ1n) is 9.56. The maximum Gasteiger partial charge on any atom is 0.263 e. The predicted octanol–water partition coefficient (Wildman–Crippen LogP) is 4.69. The van der Waals surface area contributed by atoms with Crippen LogP contribution in [0.5, 0.6) is 0 Å². The summed E-state index contributed by atoms with van der Waals surface area (Å²) >= 11 is 2.88. The monoisotopic (exact) mass is 409 g/mol. The first-order valence-corrected chi connectivity index (χ1v) is 11.4. The number of aryl methyl sites for hydroxylation is 2. The normalized spacial score (nSPS) is 12.9. The Morgan fingerprint density at radius 2 is 1.85 bits per heavy atom. The number of amides is 1. The first-order chi connectivity index (χ1) is 12.6. The maximum absolute atomic E-state index is 13.0. The van der Waals surface area contributed by atoms with Gasteiger partial charge in [-0.3, -0.25) is 14.2 Å². The Kier molecular flexibility index (Phi) is 7.51. The van der Waals surface area contributed by atoms with E-state index in [0.29, 0.717) is 16.5 Å². The van der Waals surface area contributed by atoms with Crippen LogP contribution in [-0.4, -0.2) is 27.3 Å². The fraction of sp³-hybridized carbons (Fsp3) is 0.650. The Hall–Kier alpha value is -1.34. The molecule has 0 aromatic carbocycles. The molecule has 7 heteroatoms. The second-order valence-electron chi connectivity index (χ2n) is 7.86. The van der Waals surface area contributed by atoms with Gasteiger partial charge in [-0.2, -0.15) is 0 Å². The first kappa shape index (κ1) is 22.0. The SMILES string of the molecule is Cc1sc2nc(SCC(=O)N[C@H](C)CCC(C)C)n(C(C)C)c(=O)c2c1C. The van der Waals surface area contributed by atoms with Crippen LogP contribution >= 0.6 is 23.1 Å². The molecule has 0 radical (unpaired) electrons. The second-order valence-corrected chi connectivity index (χ2v) is 10.0. The fourth-order valence-corrected chi connectivity index (χ4v) is 4.96. The highest BCUT2D eigenvalue weighted by Crippen LogP contribution is 2.29. The topological polar surface area (TPSA) is 64.0 Å². The van der Waals surface area contributed by atoms with Gasteiger partial charge >= 0.3 is 0 Å². The summed E-state index contributed by atoms with van der Waals surface area (Å²) in [7, 11) is 0. The number of fused-ring (bicyclic) bond motifs is 1. The van der Waals surface area contributed by atoms with Crippen LogP contribution in [0.25, 0.3) is 10.2 Å². The number of nitrogens with zero attached hydrogens (tertiary/aromatic N) is 2. The lowest BCUT2D eigenvalue weighted by atomic mass is 10.0. The minimum atomic E-state index is -0.0144. The van der Waals surface area contributed by atoms with Crippen molar-refractivity contribution in [2.24, 2.45) is 5.92 Å². The molecule has 0 saturated heterocycles. The van der Waals surface area contributed by atoms with Gasteiger partial charge in [0.1, 0.15) is 4.83 Å². The van der Waals surface area contributed by atoms with E-state index in [-0.39, 0.29) is 29.3 Å². The van der Waals surface area contributed by atoms with Crippen molar-refractivity contribution in [1.29, 1.82) is 0 Å². The summed E-state index contributed by atoms with van der Waals surface area (Å²) in [5.41, 5.74) is 1.00. The molecular weight excluding hydrogens is 378 g/mol. The van der Waals surface area contributed by atoms with E-state index in [1.54, 1.807) is 15.9 Å². The predicted molar refractivity (Wildman–Crippen MR) is 116 cm³/mol. The van der Waals surface area contributed by atoms with Gasteiger partial charge in [-0.25, -0.2) is 4.98 Å². The zero-order valence-corrected chi connectivity index (χ0v) is 19.0. The van der Waals surface area contributed by atoms with E-state index in [9.17, 15) is 9.59 Å². The molecule has 1 N–H and O–H groups in total. The van der Waals surface area contributed by atoms with Crippen LogP contribution < -0.4 is 10.9 Å². The summed E-state index contributed by atoms with van der Waals surface area (Å²) in [6, 6.07) is 0.148. The van der Waals surface area contributed by atoms with E-state index >= 15 is 0 Å². The maximum atomic E-state index is 13.0. The number of nitrogens with one attached hydrogen (secondary N) is 1. The molecule has 0 spiro atoms.